The van der Waals surface area contributed by atoms with Gasteiger partial charge in [0.25, 0.3) is 0 Å². The molecule has 0 spiro atoms. The van der Waals surface area contributed by atoms with E-state index < -0.39 is 5.97 Å². The number of carbonyl (C=O) groups excluding carboxylic acids is 1. The van der Waals surface area contributed by atoms with E-state index in [2.05, 4.69) is 16.4 Å². The van der Waals surface area contributed by atoms with E-state index in [1.807, 2.05) is 31.2 Å². The molecule has 0 unspecified atom stereocenters. The number of nitrogens with one attached hydrogen (secondary N) is 1. The van der Waals surface area contributed by atoms with E-state index >= 15 is 0 Å². The summed E-state index contributed by atoms with van der Waals surface area (Å²) in [6.45, 7) is 2.40. The molecule has 1 aromatic carbocycles. The van der Waals surface area contributed by atoms with Crippen molar-refractivity contribution in [1.82, 2.24) is 4.98 Å². The predicted octanol–water partition coefficient (Wildman–Crippen LogP) is 1.23. The molecule has 6 nitrogen and oxygen atoms in total. The van der Waals surface area contributed by atoms with Crippen LogP contribution in [-0.2, 0) is 6.54 Å². The molecule has 0 aliphatic rings. The Labute approximate surface area is 205 Å². The van der Waals surface area contributed by atoms with Gasteiger partial charge in [0.15, 0.2) is 0 Å². The summed E-state index contributed by atoms with van der Waals surface area (Å²) in [5.74, 6) is -0.189. The van der Waals surface area contributed by atoms with Crippen LogP contribution >= 0.6 is 11.3 Å². The molecule has 3 heterocycles. The fourth-order valence-corrected chi connectivity index (χ4v) is 3.88. The minimum absolute atomic E-state index is 0. The molecule has 1 N–H and O–H groups in total. The maximum Gasteiger partial charge on any atom is 1.00 e. The van der Waals surface area contributed by atoms with Crippen molar-refractivity contribution in [2.24, 2.45) is 0 Å². The number of benzene rings is 1. The van der Waals surface area contributed by atoms with Crippen molar-refractivity contribution < 1.29 is 43.9 Å². The molecular weight excluding hydrogens is 421 g/mol. The van der Waals surface area contributed by atoms with Crippen molar-refractivity contribution >= 4 is 23.1 Å². The van der Waals surface area contributed by atoms with Gasteiger partial charge in [-0.3, -0.25) is 0 Å². The number of pyridine rings is 1. The Morgan fingerprint density at radius 1 is 1.23 bits per heavy atom. The number of thiophene rings is 1. The van der Waals surface area contributed by atoms with Crippen LogP contribution in [0, 0.1) is 18.3 Å². The van der Waals surface area contributed by atoms with Crippen molar-refractivity contribution in [2.75, 3.05) is 5.32 Å². The zero-order valence-corrected chi connectivity index (χ0v) is 19.8. The predicted molar refractivity (Wildman–Crippen MR) is 113 cm³/mol. The van der Waals surface area contributed by atoms with Crippen molar-refractivity contribution in [1.29, 1.82) is 5.26 Å². The third-order valence-corrected chi connectivity index (χ3v) is 5.58. The molecule has 0 bridgehead atoms. The first kappa shape index (κ1) is 22.8. The molecule has 0 aliphatic heterocycles. The van der Waals surface area contributed by atoms with Gasteiger partial charge in [0.05, 0.1) is 22.8 Å². The first-order chi connectivity index (χ1) is 14.5. The molecule has 4 rings (SSSR count). The van der Waals surface area contributed by atoms with Crippen LogP contribution in [0.3, 0.4) is 0 Å². The van der Waals surface area contributed by atoms with Crippen LogP contribution < -0.4 is 40.0 Å². The fraction of sp³-hybridized carbons (Fsp3) is 0.0870. The largest absolute Gasteiger partial charge is 1.00 e. The fourth-order valence-electron chi connectivity index (χ4n) is 3.06. The second kappa shape index (κ2) is 9.94. The van der Waals surface area contributed by atoms with Crippen molar-refractivity contribution in [3.8, 4) is 28.0 Å². The van der Waals surface area contributed by atoms with Crippen molar-refractivity contribution in [3.63, 3.8) is 0 Å². The van der Waals surface area contributed by atoms with Crippen LogP contribution in [0.25, 0.3) is 21.9 Å². The van der Waals surface area contributed by atoms with Gasteiger partial charge in [-0.25, -0.2) is 4.98 Å². The Morgan fingerprint density at radius 2 is 2.00 bits per heavy atom. The third-order valence-electron chi connectivity index (χ3n) is 4.56. The second-order valence-electron chi connectivity index (χ2n) is 6.62. The molecular formula is C23H16N3NaO3S. The smallest absolute Gasteiger partial charge is 0.545 e. The second-order valence-corrected chi connectivity index (χ2v) is 7.90. The van der Waals surface area contributed by atoms with E-state index in [4.69, 9.17) is 4.42 Å². The van der Waals surface area contributed by atoms with E-state index in [0.29, 0.717) is 29.2 Å². The molecule has 0 aliphatic carbocycles. The molecule has 0 saturated heterocycles. The summed E-state index contributed by atoms with van der Waals surface area (Å²) in [4.78, 5) is 17.8. The molecule has 148 valence electrons. The van der Waals surface area contributed by atoms with Crippen LogP contribution in [0.15, 0.2) is 65.3 Å². The van der Waals surface area contributed by atoms with E-state index in [9.17, 15) is 15.2 Å². The van der Waals surface area contributed by atoms with Crippen LogP contribution in [0.2, 0.25) is 0 Å². The summed E-state index contributed by atoms with van der Waals surface area (Å²) in [6.07, 6.45) is 1.57. The standard InChI is InChI=1S/C23H17N3O3S.Na/c1-14-4-9-21(30-14)19-11-17(20-3-2-10-29-20)18(12-24)22(26-19)25-13-15-5-7-16(8-6-15)23(27)28;/h2-11H,13H2,1H3,(H,25,26)(H,27,28);/q;+1/p-1. The van der Waals surface area contributed by atoms with Gasteiger partial charge in [-0.05, 0) is 48.4 Å². The topological polar surface area (TPSA) is 102 Å². The van der Waals surface area contributed by atoms with Crippen LogP contribution in [0.5, 0.6) is 0 Å². The summed E-state index contributed by atoms with van der Waals surface area (Å²) in [5.41, 5.74) is 2.75. The number of aromatic carboxylic acids is 1. The number of aromatic nitrogens is 1. The molecule has 0 atom stereocenters. The number of carbonyl (C=O) groups is 1. The Balaban J connectivity index is 0.00000272. The number of carboxylic acids is 1. The average molecular weight is 437 g/mol. The number of anilines is 1. The average Bonchev–Trinajstić information content (AvgIpc) is 3.44. The molecule has 0 amide bonds. The number of hydrogen-bond acceptors (Lipinski definition) is 7. The van der Waals surface area contributed by atoms with Gasteiger partial charge in [0, 0.05) is 17.0 Å². The van der Waals surface area contributed by atoms with E-state index in [1.165, 1.54) is 17.0 Å². The van der Waals surface area contributed by atoms with Gasteiger partial charge in [0.1, 0.15) is 23.2 Å². The summed E-state index contributed by atoms with van der Waals surface area (Å²) in [7, 11) is 0. The summed E-state index contributed by atoms with van der Waals surface area (Å²) >= 11 is 1.62. The SMILES string of the molecule is Cc1ccc(-c2cc(-c3ccco3)c(C#N)c(NCc3ccc(C(=O)[O-])cc3)n2)s1.[Na+]. The van der Waals surface area contributed by atoms with Crippen molar-refractivity contribution in [2.45, 2.75) is 13.5 Å². The van der Waals surface area contributed by atoms with Crippen LogP contribution in [0.1, 0.15) is 26.4 Å². The third kappa shape index (κ3) is 5.06. The minimum atomic E-state index is -1.22. The normalized spacial score (nSPS) is 10.2. The molecule has 8 heteroatoms. The van der Waals surface area contributed by atoms with Gasteiger partial charge in [-0.1, -0.05) is 24.3 Å². The Kier molecular flexibility index (Phi) is 7.31. The van der Waals surface area contributed by atoms with Gasteiger partial charge >= 0.3 is 29.6 Å². The van der Waals surface area contributed by atoms with Gasteiger partial charge < -0.3 is 19.6 Å². The first-order valence-corrected chi connectivity index (χ1v) is 9.97. The summed E-state index contributed by atoms with van der Waals surface area (Å²) in [5, 5.41) is 24.0. The number of rotatable bonds is 6. The maximum atomic E-state index is 10.9. The minimum Gasteiger partial charge on any atom is -0.545 e. The van der Waals surface area contributed by atoms with Gasteiger partial charge in [0.2, 0.25) is 0 Å². The van der Waals surface area contributed by atoms with E-state index in [1.54, 1.807) is 35.8 Å². The molecule has 4 aromatic rings. The number of aryl methyl sites for hydroxylation is 1. The number of furan rings is 1. The Bertz CT molecular complexity index is 1240. The number of hydrogen-bond donors (Lipinski definition) is 1. The Hall–Kier alpha value is -2.89. The van der Waals surface area contributed by atoms with Crippen molar-refractivity contribution in [3.05, 3.63) is 82.4 Å². The molecule has 0 fully saturated rings. The number of nitriles is 1. The molecule has 31 heavy (non-hydrogen) atoms. The number of carboxylic acid groups (broad SMARTS) is 1. The quantitative estimate of drug-likeness (QED) is 0.455. The summed E-state index contributed by atoms with van der Waals surface area (Å²) in [6, 6.07) is 18.1. The molecule has 0 radical (unpaired) electrons. The Morgan fingerprint density at radius 3 is 2.58 bits per heavy atom. The monoisotopic (exact) mass is 437 g/mol. The van der Waals surface area contributed by atoms with Gasteiger partial charge in [-0.15, -0.1) is 11.3 Å². The van der Waals surface area contributed by atoms with Crippen LogP contribution in [-0.4, -0.2) is 11.0 Å². The maximum absolute atomic E-state index is 10.9. The van der Waals surface area contributed by atoms with E-state index in [-0.39, 0.29) is 35.1 Å². The summed E-state index contributed by atoms with van der Waals surface area (Å²) < 4.78 is 5.55. The zero-order valence-electron chi connectivity index (χ0n) is 17.0. The zero-order chi connectivity index (χ0) is 21.1. The molecule has 0 saturated carbocycles. The van der Waals surface area contributed by atoms with E-state index in [0.717, 1.165) is 16.1 Å². The number of nitrogens with zero attached hydrogens (tertiary/aromatic N) is 2. The first-order valence-electron chi connectivity index (χ1n) is 9.15. The molecule has 3 aromatic heterocycles. The van der Waals surface area contributed by atoms with Crippen LogP contribution in [0.4, 0.5) is 5.82 Å². The van der Waals surface area contributed by atoms with Gasteiger partial charge in [-0.2, -0.15) is 5.26 Å².